The van der Waals surface area contributed by atoms with E-state index < -0.39 is 23.4 Å². The van der Waals surface area contributed by atoms with Crippen LogP contribution < -0.4 is 5.32 Å². The number of thiazole rings is 1. The zero-order valence-electron chi connectivity index (χ0n) is 20.7. The second-order valence-corrected chi connectivity index (χ2v) is 11.3. The fourth-order valence-electron chi connectivity index (χ4n) is 4.40. The molecule has 1 fully saturated rings. The van der Waals surface area contributed by atoms with Crippen molar-refractivity contribution in [1.82, 2.24) is 15.2 Å². The number of amidine groups is 1. The van der Waals surface area contributed by atoms with E-state index in [1.165, 1.54) is 18.4 Å². The average Bonchev–Trinajstić information content (AvgIpc) is 3.38. The molecule has 37 heavy (non-hydrogen) atoms. The summed E-state index contributed by atoms with van der Waals surface area (Å²) >= 11 is 14.1. The molecule has 4 rings (SSSR count). The minimum Gasteiger partial charge on any atom is -0.481 e. The molecule has 2 aliphatic rings. The maximum atomic E-state index is 13.1. The number of aliphatic carboxylic acids is 1. The van der Waals surface area contributed by atoms with Gasteiger partial charge in [-0.3, -0.25) is 14.7 Å². The summed E-state index contributed by atoms with van der Waals surface area (Å²) in [6.07, 6.45) is 1.79. The van der Waals surface area contributed by atoms with E-state index >= 15 is 0 Å². The van der Waals surface area contributed by atoms with Crippen LogP contribution in [0, 0.1) is 5.41 Å². The van der Waals surface area contributed by atoms with Crippen LogP contribution in [0.25, 0.3) is 0 Å². The number of morpholine rings is 1. The van der Waals surface area contributed by atoms with E-state index in [0.29, 0.717) is 70.4 Å². The molecule has 2 aromatic rings. The van der Waals surface area contributed by atoms with Gasteiger partial charge in [0.05, 0.1) is 30.8 Å². The monoisotopic (exact) mass is 566 g/mol. The van der Waals surface area contributed by atoms with Gasteiger partial charge < -0.3 is 19.9 Å². The topological polar surface area (TPSA) is 113 Å². The number of halogens is 2. The molecule has 0 amide bonds. The number of methoxy groups -OCH3 is 1. The number of benzene rings is 1. The largest absolute Gasteiger partial charge is 0.481 e. The van der Waals surface area contributed by atoms with Gasteiger partial charge in [-0.15, -0.1) is 11.3 Å². The third-order valence-corrected chi connectivity index (χ3v) is 7.69. The van der Waals surface area contributed by atoms with Gasteiger partial charge >= 0.3 is 11.9 Å². The van der Waals surface area contributed by atoms with Crippen LogP contribution in [0.1, 0.15) is 36.9 Å². The number of rotatable bonds is 8. The molecule has 1 aromatic carbocycles. The van der Waals surface area contributed by atoms with Crippen molar-refractivity contribution in [3.8, 4) is 0 Å². The van der Waals surface area contributed by atoms with Gasteiger partial charge in [0.15, 0.2) is 10.8 Å². The number of ether oxygens (including phenoxy) is 2. The molecular formula is C25H28Cl2N4O5S. The van der Waals surface area contributed by atoms with E-state index in [1.807, 2.05) is 5.38 Å². The first-order chi connectivity index (χ1) is 17.6. The molecule has 0 spiro atoms. The predicted octanol–water partition coefficient (Wildman–Crippen LogP) is 4.17. The fraction of sp³-hybridized carbons (Fsp3) is 0.440. The van der Waals surface area contributed by atoms with Gasteiger partial charge in [-0.05, 0) is 32.4 Å². The minimum atomic E-state index is -0.922. The highest BCUT2D eigenvalue weighted by Crippen LogP contribution is 2.37. The number of nitrogens with zero attached hydrogens (tertiary/aromatic N) is 3. The summed E-state index contributed by atoms with van der Waals surface area (Å²) in [4.78, 5) is 36.1. The Balaban J connectivity index is 1.70. The van der Waals surface area contributed by atoms with Crippen LogP contribution in [0.3, 0.4) is 0 Å². The van der Waals surface area contributed by atoms with Crippen molar-refractivity contribution in [3.63, 3.8) is 0 Å². The predicted molar refractivity (Wildman–Crippen MR) is 142 cm³/mol. The highest BCUT2D eigenvalue weighted by molar-refractivity contribution is 7.11. The standard InChI is InChI=1S/C25H28Cl2N4O5S/c1-25(2,24(33)34)11-15-12-31(7-8-36-15)13-18-19(23(32)35-3)20(16-5-4-14(26)10-17(16)27)30-21(29-18)22-28-6-9-37-22/h4-6,9-10,15,20H,7-8,11-13H2,1-3H3,(H,29,30)(H,33,34)/t15?,20-/m0/s1. The number of hydrogen-bond acceptors (Lipinski definition) is 9. The summed E-state index contributed by atoms with van der Waals surface area (Å²) in [7, 11) is 1.33. The Bertz CT molecular complexity index is 1230. The number of aliphatic imine (C=N–C) groups is 1. The molecule has 198 valence electrons. The van der Waals surface area contributed by atoms with E-state index in [4.69, 9.17) is 37.7 Å². The molecule has 2 atom stereocenters. The molecule has 0 bridgehead atoms. The minimum absolute atomic E-state index is 0.265. The third kappa shape index (κ3) is 6.32. The maximum Gasteiger partial charge on any atom is 0.338 e. The Kier molecular flexibility index (Phi) is 8.55. The maximum absolute atomic E-state index is 13.1. The Labute approximate surface area is 229 Å². The number of carbonyl (C=O) groups excluding carboxylic acids is 1. The number of carboxylic acid groups (broad SMARTS) is 1. The first-order valence-corrected chi connectivity index (χ1v) is 13.3. The molecule has 12 heteroatoms. The molecule has 1 unspecified atom stereocenters. The van der Waals surface area contributed by atoms with Crippen LogP contribution in [-0.2, 0) is 19.1 Å². The van der Waals surface area contributed by atoms with Crippen molar-refractivity contribution in [2.75, 3.05) is 33.4 Å². The summed E-state index contributed by atoms with van der Waals surface area (Å²) in [5.41, 5.74) is 0.638. The summed E-state index contributed by atoms with van der Waals surface area (Å²) in [5, 5.41) is 16.2. The van der Waals surface area contributed by atoms with E-state index in [-0.39, 0.29) is 6.10 Å². The molecule has 0 aliphatic carbocycles. The van der Waals surface area contributed by atoms with Crippen molar-refractivity contribution in [1.29, 1.82) is 0 Å². The summed E-state index contributed by atoms with van der Waals surface area (Å²) < 4.78 is 11.0. The van der Waals surface area contributed by atoms with Crippen molar-refractivity contribution in [3.05, 3.63) is 61.7 Å². The SMILES string of the molecule is COC(=O)C1=C(CN2CCOC(CC(C)(C)C(=O)O)C2)NC(c2nccs2)=N[C@H]1c1ccc(Cl)cc1Cl. The molecule has 1 aromatic heterocycles. The normalized spacial score (nSPS) is 20.8. The molecule has 0 radical (unpaired) electrons. The smallest absolute Gasteiger partial charge is 0.338 e. The van der Waals surface area contributed by atoms with E-state index in [9.17, 15) is 14.7 Å². The van der Waals surface area contributed by atoms with Crippen LogP contribution >= 0.6 is 34.5 Å². The Morgan fingerprint density at radius 2 is 2.14 bits per heavy atom. The highest BCUT2D eigenvalue weighted by Gasteiger charge is 2.37. The Morgan fingerprint density at radius 3 is 2.78 bits per heavy atom. The Morgan fingerprint density at radius 1 is 1.35 bits per heavy atom. The van der Waals surface area contributed by atoms with Crippen LogP contribution in [0.4, 0.5) is 0 Å². The van der Waals surface area contributed by atoms with Crippen LogP contribution in [0.2, 0.25) is 10.0 Å². The van der Waals surface area contributed by atoms with Gasteiger partial charge in [0.2, 0.25) is 0 Å². The van der Waals surface area contributed by atoms with Gasteiger partial charge in [-0.2, -0.15) is 0 Å². The number of carbonyl (C=O) groups is 2. The lowest BCUT2D eigenvalue weighted by Crippen LogP contribution is -2.48. The lowest BCUT2D eigenvalue weighted by atomic mass is 9.86. The molecule has 2 aliphatic heterocycles. The van der Waals surface area contributed by atoms with Gasteiger partial charge in [0.1, 0.15) is 6.04 Å². The first kappa shape index (κ1) is 27.5. The number of esters is 1. The summed E-state index contributed by atoms with van der Waals surface area (Å²) in [5.74, 6) is -0.882. The number of carboxylic acids is 1. The van der Waals surface area contributed by atoms with Gasteiger partial charge in [-0.1, -0.05) is 29.3 Å². The van der Waals surface area contributed by atoms with E-state index in [0.717, 1.165) is 0 Å². The summed E-state index contributed by atoms with van der Waals surface area (Å²) in [6.45, 7) is 5.31. The number of hydrogen-bond donors (Lipinski definition) is 2. The van der Waals surface area contributed by atoms with Crippen LogP contribution in [0.15, 0.2) is 46.0 Å². The zero-order chi connectivity index (χ0) is 26.7. The van der Waals surface area contributed by atoms with Crippen molar-refractivity contribution in [2.45, 2.75) is 32.4 Å². The molecule has 2 N–H and O–H groups in total. The number of aromatic nitrogens is 1. The van der Waals surface area contributed by atoms with Gasteiger partial charge in [-0.25, -0.2) is 9.78 Å². The van der Waals surface area contributed by atoms with Crippen molar-refractivity contribution < 1.29 is 24.2 Å². The fourth-order valence-corrected chi connectivity index (χ4v) is 5.50. The highest BCUT2D eigenvalue weighted by atomic mass is 35.5. The molecular weight excluding hydrogens is 539 g/mol. The van der Waals surface area contributed by atoms with Crippen LogP contribution in [0.5, 0.6) is 0 Å². The van der Waals surface area contributed by atoms with Gasteiger partial charge in [0, 0.05) is 52.5 Å². The van der Waals surface area contributed by atoms with E-state index in [2.05, 4.69) is 15.2 Å². The molecule has 0 saturated carbocycles. The van der Waals surface area contributed by atoms with Crippen molar-refractivity contribution >= 4 is 52.3 Å². The Hall–Kier alpha value is -2.50. The number of nitrogens with one attached hydrogen (secondary N) is 1. The van der Waals surface area contributed by atoms with Crippen LogP contribution in [-0.4, -0.2) is 72.2 Å². The molecule has 9 nitrogen and oxygen atoms in total. The second-order valence-electron chi connectivity index (χ2n) is 9.51. The lowest BCUT2D eigenvalue weighted by Gasteiger charge is -2.37. The third-order valence-electron chi connectivity index (χ3n) is 6.34. The zero-order valence-corrected chi connectivity index (χ0v) is 23.0. The molecule has 3 heterocycles. The van der Waals surface area contributed by atoms with E-state index in [1.54, 1.807) is 38.2 Å². The first-order valence-electron chi connectivity index (χ1n) is 11.7. The average molecular weight is 567 g/mol. The van der Waals surface area contributed by atoms with Gasteiger partial charge in [0.25, 0.3) is 0 Å². The second kappa shape index (κ2) is 11.5. The molecule has 1 saturated heterocycles. The summed E-state index contributed by atoms with van der Waals surface area (Å²) in [6, 6.07) is 4.33. The lowest BCUT2D eigenvalue weighted by molar-refractivity contribution is -0.150. The quantitative estimate of drug-likeness (QED) is 0.457. The van der Waals surface area contributed by atoms with Crippen molar-refractivity contribution in [2.24, 2.45) is 10.4 Å².